The summed E-state index contributed by atoms with van der Waals surface area (Å²) in [4.78, 5) is 24.8. The molecule has 2 fully saturated rings. The highest BCUT2D eigenvalue weighted by molar-refractivity contribution is 5.86. The maximum absolute atomic E-state index is 12.1. The average molecular weight is 241 g/mol. The summed E-state index contributed by atoms with van der Waals surface area (Å²) in [5.74, 6) is -1.55. The minimum Gasteiger partial charge on any atom is -0.481 e. The lowest BCUT2D eigenvalue weighted by Crippen LogP contribution is -2.49. The van der Waals surface area contributed by atoms with Crippen LogP contribution in [0, 0.1) is 11.8 Å². The molecule has 5 nitrogen and oxygen atoms in total. The number of rotatable bonds is 3. The Bertz CT molecular complexity index is 310. The van der Waals surface area contributed by atoms with Crippen molar-refractivity contribution in [1.82, 2.24) is 4.90 Å². The molecular formula is C12H19NO4. The third-order valence-electron chi connectivity index (χ3n) is 4.00. The van der Waals surface area contributed by atoms with Crippen molar-refractivity contribution in [3.8, 4) is 0 Å². The van der Waals surface area contributed by atoms with Gasteiger partial charge in [-0.3, -0.25) is 9.59 Å². The van der Waals surface area contributed by atoms with Gasteiger partial charge in [-0.05, 0) is 25.7 Å². The number of piperidine rings is 1. The zero-order valence-corrected chi connectivity index (χ0v) is 10.1. The van der Waals surface area contributed by atoms with Gasteiger partial charge in [-0.1, -0.05) is 0 Å². The molecule has 0 aromatic rings. The molecule has 0 spiro atoms. The lowest BCUT2D eigenvalue weighted by Gasteiger charge is -2.39. The molecule has 0 radical (unpaired) electrons. The number of likely N-dealkylation sites (tertiary alicyclic amines) is 1. The highest BCUT2D eigenvalue weighted by Gasteiger charge is 2.43. The monoisotopic (exact) mass is 241 g/mol. The maximum atomic E-state index is 12.1. The van der Waals surface area contributed by atoms with E-state index in [2.05, 4.69) is 0 Å². The number of carboxylic acids is 1. The van der Waals surface area contributed by atoms with E-state index in [9.17, 15) is 9.59 Å². The summed E-state index contributed by atoms with van der Waals surface area (Å²) in [6.45, 7) is 1.39. The highest BCUT2D eigenvalue weighted by Crippen LogP contribution is 2.36. The van der Waals surface area contributed by atoms with Crippen molar-refractivity contribution in [2.24, 2.45) is 11.8 Å². The Morgan fingerprint density at radius 2 is 1.71 bits per heavy atom. The van der Waals surface area contributed by atoms with E-state index in [4.69, 9.17) is 9.84 Å². The molecule has 17 heavy (non-hydrogen) atoms. The van der Waals surface area contributed by atoms with Crippen LogP contribution >= 0.6 is 0 Å². The summed E-state index contributed by atoms with van der Waals surface area (Å²) in [6, 6.07) is 0. The van der Waals surface area contributed by atoms with E-state index in [0.717, 1.165) is 19.3 Å². The van der Waals surface area contributed by atoms with Gasteiger partial charge in [-0.2, -0.15) is 0 Å². The number of ether oxygens (including phenoxy) is 1. The van der Waals surface area contributed by atoms with Gasteiger partial charge in [0.2, 0.25) is 5.91 Å². The number of aliphatic carboxylic acids is 1. The second kappa shape index (κ2) is 5.04. The number of carboxylic acid groups (broad SMARTS) is 1. The Morgan fingerprint density at radius 1 is 1.12 bits per heavy atom. The number of carbonyl (C=O) groups is 2. The highest BCUT2D eigenvalue weighted by atomic mass is 16.5. The Hall–Kier alpha value is -1.10. The van der Waals surface area contributed by atoms with Crippen LogP contribution < -0.4 is 0 Å². The van der Waals surface area contributed by atoms with Crippen molar-refractivity contribution in [2.45, 2.75) is 31.8 Å². The lowest BCUT2D eigenvalue weighted by molar-refractivity contribution is -0.157. The Morgan fingerprint density at radius 3 is 2.12 bits per heavy atom. The van der Waals surface area contributed by atoms with Gasteiger partial charge in [0.25, 0.3) is 0 Å². The maximum Gasteiger partial charge on any atom is 0.307 e. The number of methoxy groups -OCH3 is 1. The van der Waals surface area contributed by atoms with E-state index in [1.165, 1.54) is 0 Å². The normalized spacial score (nSPS) is 29.8. The van der Waals surface area contributed by atoms with Crippen molar-refractivity contribution in [3.63, 3.8) is 0 Å². The van der Waals surface area contributed by atoms with Crippen LogP contribution in [0.3, 0.4) is 0 Å². The Labute approximate surface area is 101 Å². The van der Waals surface area contributed by atoms with Gasteiger partial charge in [0.05, 0.1) is 17.9 Å². The van der Waals surface area contributed by atoms with E-state index in [0.29, 0.717) is 19.5 Å². The summed E-state index contributed by atoms with van der Waals surface area (Å²) in [5, 5.41) is 8.94. The van der Waals surface area contributed by atoms with Crippen LogP contribution in [0.15, 0.2) is 0 Å². The quantitative estimate of drug-likeness (QED) is 0.791. The van der Waals surface area contributed by atoms with Crippen molar-refractivity contribution in [2.75, 3.05) is 20.2 Å². The molecule has 2 atom stereocenters. The first-order valence-corrected chi connectivity index (χ1v) is 6.18. The first kappa shape index (κ1) is 12.4. The number of amides is 1. The molecule has 1 N–H and O–H groups in total. The molecule has 96 valence electrons. The van der Waals surface area contributed by atoms with Gasteiger partial charge >= 0.3 is 5.97 Å². The summed E-state index contributed by atoms with van der Waals surface area (Å²) >= 11 is 0. The molecule has 1 aliphatic heterocycles. The first-order chi connectivity index (χ1) is 8.13. The second-order valence-electron chi connectivity index (χ2n) is 4.89. The van der Waals surface area contributed by atoms with Gasteiger partial charge in [-0.15, -0.1) is 0 Å². The van der Waals surface area contributed by atoms with Crippen LogP contribution in [0.25, 0.3) is 0 Å². The summed E-state index contributed by atoms with van der Waals surface area (Å²) in [7, 11) is 1.69. The number of hydrogen-bond donors (Lipinski definition) is 1. The van der Waals surface area contributed by atoms with Crippen molar-refractivity contribution in [1.29, 1.82) is 0 Å². The summed E-state index contributed by atoms with van der Waals surface area (Å²) in [6.07, 6.45) is 3.32. The smallest absolute Gasteiger partial charge is 0.307 e. The van der Waals surface area contributed by atoms with Crippen molar-refractivity contribution < 1.29 is 19.4 Å². The molecule has 0 aromatic heterocycles. The van der Waals surface area contributed by atoms with E-state index < -0.39 is 11.9 Å². The fourth-order valence-electron chi connectivity index (χ4n) is 2.64. The molecule has 2 aliphatic rings. The molecule has 2 rings (SSSR count). The van der Waals surface area contributed by atoms with Gasteiger partial charge in [-0.25, -0.2) is 0 Å². The SMILES string of the molecule is COC1CCN(C(=O)C2CCC2C(=O)O)CC1. The minimum absolute atomic E-state index is 0.0261. The van der Waals surface area contributed by atoms with Crippen LogP contribution in [0.2, 0.25) is 0 Å². The zero-order chi connectivity index (χ0) is 12.4. The molecule has 0 aromatic carbocycles. The third-order valence-corrected chi connectivity index (χ3v) is 4.00. The van der Waals surface area contributed by atoms with Crippen molar-refractivity contribution in [3.05, 3.63) is 0 Å². The summed E-state index contributed by atoms with van der Waals surface area (Å²) < 4.78 is 5.25. The molecule has 1 amide bonds. The minimum atomic E-state index is -0.832. The lowest BCUT2D eigenvalue weighted by atomic mass is 9.72. The first-order valence-electron chi connectivity index (χ1n) is 6.18. The predicted molar refractivity (Wildman–Crippen MR) is 60.5 cm³/mol. The molecule has 2 unspecified atom stereocenters. The van der Waals surface area contributed by atoms with Gasteiger partial charge in [0, 0.05) is 20.2 Å². The molecule has 1 heterocycles. The van der Waals surface area contributed by atoms with Crippen LogP contribution in [-0.4, -0.2) is 48.2 Å². The molecule has 0 bridgehead atoms. The average Bonchev–Trinajstić information content (AvgIpc) is 2.27. The van der Waals surface area contributed by atoms with E-state index in [-0.39, 0.29) is 17.9 Å². The van der Waals surface area contributed by atoms with Gasteiger partial charge < -0.3 is 14.7 Å². The van der Waals surface area contributed by atoms with E-state index >= 15 is 0 Å². The largest absolute Gasteiger partial charge is 0.481 e. The standard InChI is InChI=1S/C12H19NO4/c1-17-8-4-6-13(7-5-8)11(14)9-2-3-10(9)12(15)16/h8-10H,2-7H2,1H3,(H,15,16). The molecular weight excluding hydrogens is 222 g/mol. The van der Waals surface area contributed by atoms with Crippen LogP contribution in [-0.2, 0) is 14.3 Å². The number of nitrogens with zero attached hydrogens (tertiary/aromatic N) is 1. The van der Waals surface area contributed by atoms with Crippen LogP contribution in [0.1, 0.15) is 25.7 Å². The van der Waals surface area contributed by atoms with E-state index in [1.807, 2.05) is 0 Å². The molecule has 5 heteroatoms. The Balaban J connectivity index is 1.87. The molecule has 1 saturated heterocycles. The fraction of sp³-hybridized carbons (Fsp3) is 0.833. The third kappa shape index (κ3) is 2.44. The Kier molecular flexibility index (Phi) is 3.66. The van der Waals surface area contributed by atoms with Crippen LogP contribution in [0.5, 0.6) is 0 Å². The zero-order valence-electron chi connectivity index (χ0n) is 10.1. The fourth-order valence-corrected chi connectivity index (χ4v) is 2.64. The van der Waals surface area contributed by atoms with Crippen LogP contribution in [0.4, 0.5) is 0 Å². The molecule has 1 aliphatic carbocycles. The van der Waals surface area contributed by atoms with Crippen molar-refractivity contribution >= 4 is 11.9 Å². The summed E-state index contributed by atoms with van der Waals surface area (Å²) in [5.41, 5.74) is 0. The van der Waals surface area contributed by atoms with Gasteiger partial charge in [0.1, 0.15) is 0 Å². The second-order valence-corrected chi connectivity index (χ2v) is 4.89. The number of carbonyl (C=O) groups excluding carboxylic acids is 1. The molecule has 1 saturated carbocycles. The van der Waals surface area contributed by atoms with Gasteiger partial charge in [0.15, 0.2) is 0 Å². The van der Waals surface area contributed by atoms with E-state index in [1.54, 1.807) is 12.0 Å². The predicted octanol–water partition coefficient (Wildman–Crippen LogP) is 0.735. The topological polar surface area (TPSA) is 66.8 Å². The number of hydrogen-bond acceptors (Lipinski definition) is 3.